The Kier molecular flexibility index (Phi) is 6.24. The van der Waals surface area contributed by atoms with Crippen LogP contribution in [0.4, 0.5) is 0 Å². The summed E-state index contributed by atoms with van der Waals surface area (Å²) in [5, 5.41) is 8.37. The molecule has 6 heteroatoms. The lowest BCUT2D eigenvalue weighted by Gasteiger charge is -2.10. The van der Waals surface area contributed by atoms with Crippen molar-refractivity contribution in [1.82, 2.24) is 15.0 Å². The summed E-state index contributed by atoms with van der Waals surface area (Å²) in [4.78, 5) is 15.6. The molecule has 12 aromatic rings. The fourth-order valence-corrected chi connectivity index (χ4v) is 8.24. The molecule has 0 aliphatic carbocycles. The summed E-state index contributed by atoms with van der Waals surface area (Å²) in [5.74, 6) is 1.65. The second-order valence-corrected chi connectivity index (χ2v) is 13.9. The molecule has 0 fully saturated rings. The van der Waals surface area contributed by atoms with Gasteiger partial charge >= 0.3 is 0 Å². The maximum absolute atomic E-state index is 6.79. The highest BCUT2D eigenvalue weighted by Crippen LogP contribution is 2.44. The summed E-state index contributed by atoms with van der Waals surface area (Å²) in [6, 6.07) is 55.7. The number of hydrogen-bond acceptors (Lipinski definition) is 6. The van der Waals surface area contributed by atoms with Crippen LogP contribution in [0.15, 0.2) is 177 Å². The molecule has 55 heavy (non-hydrogen) atoms. The molecule has 12 rings (SSSR count). The fraction of sp³-hybridized carbons (Fsp3) is 0. The number of nitrogens with zero attached hydrogens (tertiary/aromatic N) is 3. The number of aromatic nitrogens is 3. The number of benzene rings is 8. The Hall–Kier alpha value is -7.57. The normalized spacial score (nSPS) is 12.0. The largest absolute Gasteiger partial charge is 0.456 e. The van der Waals surface area contributed by atoms with Gasteiger partial charge in [-0.3, -0.25) is 0 Å². The predicted octanol–water partition coefficient (Wildman–Crippen LogP) is 13.4. The van der Waals surface area contributed by atoms with Crippen molar-refractivity contribution in [3.05, 3.63) is 164 Å². The van der Waals surface area contributed by atoms with Crippen molar-refractivity contribution in [2.24, 2.45) is 0 Å². The van der Waals surface area contributed by atoms with Crippen LogP contribution in [0.25, 0.3) is 122 Å². The first-order chi connectivity index (χ1) is 27.2. The van der Waals surface area contributed by atoms with Gasteiger partial charge in [0, 0.05) is 49.0 Å². The maximum atomic E-state index is 6.79. The van der Waals surface area contributed by atoms with E-state index < -0.39 is 0 Å². The van der Waals surface area contributed by atoms with Gasteiger partial charge in [-0.2, -0.15) is 0 Å². The predicted molar refractivity (Wildman–Crippen MR) is 221 cm³/mol. The SMILES string of the molecule is c1ccc2cc(-c3nc(-c4cccc5c4oc4ccccc45)nc(-c4cccc5oc6c(-c7cccc8oc9ccccc9c78)cccc6c45)n3)ccc2c1. The van der Waals surface area contributed by atoms with Crippen molar-refractivity contribution in [3.8, 4) is 45.3 Å². The summed E-state index contributed by atoms with van der Waals surface area (Å²) < 4.78 is 19.5. The third-order valence-electron chi connectivity index (χ3n) is 10.7. The van der Waals surface area contributed by atoms with E-state index in [2.05, 4.69) is 78.9 Å². The molecule has 256 valence electrons. The molecule has 0 spiro atoms. The Morgan fingerprint density at radius 3 is 1.69 bits per heavy atom. The number of rotatable bonds is 4. The average Bonchev–Trinajstić information content (AvgIpc) is 3.95. The minimum Gasteiger partial charge on any atom is -0.456 e. The molecule has 4 aromatic heterocycles. The minimum atomic E-state index is 0.529. The zero-order valence-electron chi connectivity index (χ0n) is 29.2. The molecule has 0 aliphatic rings. The zero-order chi connectivity index (χ0) is 36.0. The molecule has 4 heterocycles. The van der Waals surface area contributed by atoms with Gasteiger partial charge in [0.2, 0.25) is 0 Å². The zero-order valence-corrected chi connectivity index (χ0v) is 29.2. The van der Waals surface area contributed by atoms with Gasteiger partial charge < -0.3 is 13.3 Å². The van der Waals surface area contributed by atoms with Crippen LogP contribution in [0.5, 0.6) is 0 Å². The standard InChI is InChI=1S/C49H27N3O3/c1-2-12-29-27-30(26-25-28(29)11-1)47-50-48(52-49(51-47)38-20-8-16-33-31-13-3-5-21-39(31)54-46(33)38)37-19-10-24-42-44(37)36-18-7-17-34(45(36)55-42)32-15-9-23-41-43(32)35-14-4-6-22-40(35)53-41/h1-27H. The Morgan fingerprint density at radius 2 is 0.836 bits per heavy atom. The average molecular weight is 706 g/mol. The van der Waals surface area contributed by atoms with Gasteiger partial charge in [0.25, 0.3) is 0 Å². The minimum absolute atomic E-state index is 0.529. The van der Waals surface area contributed by atoms with Gasteiger partial charge in [-0.25, -0.2) is 15.0 Å². The lowest BCUT2D eigenvalue weighted by Crippen LogP contribution is -2.00. The van der Waals surface area contributed by atoms with Gasteiger partial charge in [-0.1, -0.05) is 127 Å². The van der Waals surface area contributed by atoms with E-state index in [1.165, 1.54) is 0 Å². The smallest absolute Gasteiger partial charge is 0.167 e. The van der Waals surface area contributed by atoms with E-state index in [0.717, 1.165) is 104 Å². The van der Waals surface area contributed by atoms with E-state index in [1.54, 1.807) is 0 Å². The van der Waals surface area contributed by atoms with Crippen LogP contribution >= 0.6 is 0 Å². The summed E-state index contributed by atoms with van der Waals surface area (Å²) >= 11 is 0. The lowest BCUT2D eigenvalue weighted by atomic mass is 9.97. The Morgan fingerprint density at radius 1 is 0.309 bits per heavy atom. The monoisotopic (exact) mass is 705 g/mol. The van der Waals surface area contributed by atoms with Crippen molar-refractivity contribution < 1.29 is 13.3 Å². The van der Waals surface area contributed by atoms with Gasteiger partial charge in [0.15, 0.2) is 17.5 Å². The molecule has 0 N–H and O–H groups in total. The highest BCUT2D eigenvalue weighted by molar-refractivity contribution is 6.19. The van der Waals surface area contributed by atoms with Crippen molar-refractivity contribution in [2.75, 3.05) is 0 Å². The second-order valence-electron chi connectivity index (χ2n) is 13.9. The first-order valence-corrected chi connectivity index (χ1v) is 18.3. The quantitative estimate of drug-likeness (QED) is 0.181. The van der Waals surface area contributed by atoms with Crippen LogP contribution in [0, 0.1) is 0 Å². The fourth-order valence-electron chi connectivity index (χ4n) is 8.24. The Bertz CT molecular complexity index is 3520. The molecule has 0 radical (unpaired) electrons. The van der Waals surface area contributed by atoms with Crippen LogP contribution in [0.2, 0.25) is 0 Å². The van der Waals surface area contributed by atoms with Crippen molar-refractivity contribution in [1.29, 1.82) is 0 Å². The van der Waals surface area contributed by atoms with E-state index in [4.69, 9.17) is 28.2 Å². The van der Waals surface area contributed by atoms with Crippen molar-refractivity contribution in [2.45, 2.75) is 0 Å². The van der Waals surface area contributed by atoms with Gasteiger partial charge in [-0.05, 0) is 52.7 Å². The number of para-hydroxylation sites is 4. The van der Waals surface area contributed by atoms with E-state index in [-0.39, 0.29) is 0 Å². The molecular weight excluding hydrogens is 679 g/mol. The molecule has 0 atom stereocenters. The van der Waals surface area contributed by atoms with Gasteiger partial charge in [-0.15, -0.1) is 0 Å². The molecule has 0 saturated heterocycles. The highest BCUT2D eigenvalue weighted by Gasteiger charge is 2.22. The van der Waals surface area contributed by atoms with Crippen LogP contribution in [-0.2, 0) is 0 Å². The van der Waals surface area contributed by atoms with Crippen LogP contribution < -0.4 is 0 Å². The first kappa shape index (κ1) is 29.9. The highest BCUT2D eigenvalue weighted by atomic mass is 16.3. The Balaban J connectivity index is 1.12. The van der Waals surface area contributed by atoms with Crippen molar-refractivity contribution >= 4 is 76.6 Å². The molecule has 8 aromatic carbocycles. The van der Waals surface area contributed by atoms with Crippen LogP contribution in [0.1, 0.15) is 0 Å². The van der Waals surface area contributed by atoms with E-state index >= 15 is 0 Å². The second kappa shape index (κ2) is 11.5. The van der Waals surface area contributed by atoms with E-state index in [0.29, 0.717) is 17.5 Å². The van der Waals surface area contributed by atoms with Crippen LogP contribution in [0.3, 0.4) is 0 Å². The molecule has 0 unspecified atom stereocenters. The van der Waals surface area contributed by atoms with E-state index in [1.807, 2.05) is 84.9 Å². The van der Waals surface area contributed by atoms with Gasteiger partial charge in [0.1, 0.15) is 33.5 Å². The molecule has 0 aliphatic heterocycles. The third-order valence-corrected chi connectivity index (χ3v) is 10.7. The molecular formula is C49H27N3O3. The summed E-state index contributed by atoms with van der Waals surface area (Å²) in [6.45, 7) is 0. The number of fused-ring (bicyclic) bond motifs is 10. The number of hydrogen-bond donors (Lipinski definition) is 0. The number of furan rings is 3. The van der Waals surface area contributed by atoms with Crippen LogP contribution in [-0.4, -0.2) is 15.0 Å². The van der Waals surface area contributed by atoms with Crippen molar-refractivity contribution in [3.63, 3.8) is 0 Å². The van der Waals surface area contributed by atoms with E-state index in [9.17, 15) is 0 Å². The molecule has 0 amide bonds. The summed E-state index contributed by atoms with van der Waals surface area (Å²) in [5.41, 5.74) is 9.37. The maximum Gasteiger partial charge on any atom is 0.167 e. The Labute approximate surface area is 312 Å². The third kappa shape index (κ3) is 4.52. The summed E-state index contributed by atoms with van der Waals surface area (Å²) in [6.07, 6.45) is 0. The lowest BCUT2D eigenvalue weighted by molar-refractivity contribution is 0.668. The summed E-state index contributed by atoms with van der Waals surface area (Å²) in [7, 11) is 0. The topological polar surface area (TPSA) is 78.1 Å². The molecule has 0 bridgehead atoms. The molecule has 6 nitrogen and oxygen atoms in total. The van der Waals surface area contributed by atoms with Gasteiger partial charge in [0.05, 0.1) is 5.56 Å². The molecule has 0 saturated carbocycles. The first-order valence-electron chi connectivity index (χ1n) is 18.3.